The van der Waals surface area contributed by atoms with Crippen LogP contribution >= 0.6 is 0 Å². The van der Waals surface area contributed by atoms with Gasteiger partial charge in [0.1, 0.15) is 11.8 Å². The molecule has 0 radical (unpaired) electrons. The molecule has 0 aliphatic heterocycles. The Morgan fingerprint density at radius 2 is 2.12 bits per heavy atom. The van der Waals surface area contributed by atoms with Crippen molar-refractivity contribution in [2.45, 2.75) is 6.92 Å². The van der Waals surface area contributed by atoms with Crippen LogP contribution < -0.4 is 15.8 Å². The molecule has 3 N–H and O–H groups in total. The van der Waals surface area contributed by atoms with Crippen LogP contribution in [0.5, 0.6) is 5.75 Å². The molecule has 0 aliphatic rings. The van der Waals surface area contributed by atoms with E-state index in [9.17, 15) is 4.79 Å². The monoisotopic (exact) mass is 348 g/mol. The molecule has 26 heavy (non-hydrogen) atoms. The zero-order valence-corrected chi connectivity index (χ0v) is 14.0. The van der Waals surface area contributed by atoms with Crippen molar-refractivity contribution in [3.05, 3.63) is 59.7 Å². The van der Waals surface area contributed by atoms with Crippen LogP contribution in [0.1, 0.15) is 15.9 Å². The molecule has 0 bridgehead atoms. The van der Waals surface area contributed by atoms with Crippen molar-refractivity contribution in [3.8, 4) is 11.8 Å². The van der Waals surface area contributed by atoms with Crippen LogP contribution in [0.2, 0.25) is 0 Å². The third-order valence-electron chi connectivity index (χ3n) is 3.59. The van der Waals surface area contributed by atoms with Crippen molar-refractivity contribution in [1.29, 1.82) is 5.26 Å². The number of nitrogen functional groups attached to an aromatic ring is 1. The van der Waals surface area contributed by atoms with Gasteiger partial charge in [0.05, 0.1) is 0 Å². The highest BCUT2D eigenvalue weighted by molar-refractivity contribution is 5.98. The number of rotatable bonds is 5. The Hall–Kier alpha value is -3.86. The van der Waals surface area contributed by atoms with Crippen molar-refractivity contribution in [1.82, 2.24) is 14.8 Å². The summed E-state index contributed by atoms with van der Waals surface area (Å²) in [5, 5.41) is 15.7. The minimum Gasteiger partial charge on any atom is -0.479 e. The predicted molar refractivity (Wildman–Crippen MR) is 96.2 cm³/mol. The lowest BCUT2D eigenvalue weighted by Gasteiger charge is -2.05. The Kier molecular flexibility index (Phi) is 4.80. The van der Waals surface area contributed by atoms with Gasteiger partial charge in [0.2, 0.25) is 11.9 Å². The number of benzene rings is 2. The van der Waals surface area contributed by atoms with E-state index < -0.39 is 0 Å². The van der Waals surface area contributed by atoms with Crippen molar-refractivity contribution < 1.29 is 9.53 Å². The van der Waals surface area contributed by atoms with Crippen LogP contribution in [-0.2, 0) is 0 Å². The largest absolute Gasteiger partial charge is 0.479 e. The first-order valence-corrected chi connectivity index (χ1v) is 7.78. The van der Waals surface area contributed by atoms with E-state index in [0.717, 1.165) is 10.2 Å². The van der Waals surface area contributed by atoms with Gasteiger partial charge in [0.15, 0.2) is 6.61 Å². The van der Waals surface area contributed by atoms with E-state index in [0.29, 0.717) is 17.0 Å². The van der Waals surface area contributed by atoms with Crippen LogP contribution in [0, 0.1) is 18.3 Å². The summed E-state index contributed by atoms with van der Waals surface area (Å²) in [5.74, 6) is 0.340. The number of hydrogen-bond acceptors (Lipinski definition) is 7. The van der Waals surface area contributed by atoms with Crippen molar-refractivity contribution >= 4 is 23.5 Å². The molecule has 0 atom stereocenters. The average molecular weight is 348 g/mol. The summed E-state index contributed by atoms with van der Waals surface area (Å²) in [6.07, 6.45) is 0. The van der Waals surface area contributed by atoms with Crippen molar-refractivity contribution in [2.75, 3.05) is 17.7 Å². The summed E-state index contributed by atoms with van der Waals surface area (Å²) in [7, 11) is 0. The summed E-state index contributed by atoms with van der Waals surface area (Å²) in [4.78, 5) is 16.7. The molecule has 0 fully saturated rings. The summed E-state index contributed by atoms with van der Waals surface area (Å²) in [6.45, 7) is 1.79. The lowest BCUT2D eigenvalue weighted by atomic mass is 10.1. The van der Waals surface area contributed by atoms with Gasteiger partial charge in [-0.2, -0.15) is 14.9 Å². The molecular weight excluding hydrogens is 332 g/mol. The summed E-state index contributed by atoms with van der Waals surface area (Å²) in [6, 6.07) is 16.0. The summed E-state index contributed by atoms with van der Waals surface area (Å²) >= 11 is 0. The molecule has 2 aromatic carbocycles. The lowest BCUT2D eigenvalue weighted by molar-refractivity contribution is 0.0947. The smallest absolute Gasteiger partial charge is 0.281 e. The van der Waals surface area contributed by atoms with E-state index >= 15 is 0 Å². The Morgan fingerprint density at radius 3 is 2.88 bits per heavy atom. The molecule has 0 unspecified atom stereocenters. The van der Waals surface area contributed by atoms with E-state index in [4.69, 9.17) is 15.7 Å². The molecular formula is C18H16N6O2. The fourth-order valence-corrected chi connectivity index (χ4v) is 2.36. The highest BCUT2D eigenvalue weighted by Crippen LogP contribution is 2.21. The molecule has 0 spiro atoms. The molecule has 8 heteroatoms. The standard InChI is InChI=1S/C18H16N6O2/c1-12-5-2-3-8-15(12)16(25)24-17(20)22-18(23-24)21-13-6-4-7-14(11-13)26-10-9-19/h2-8,11H,10H2,1H3,(H3,20,21,22,23). The molecule has 0 saturated carbocycles. The Labute approximate surface area is 149 Å². The molecule has 0 amide bonds. The van der Waals surface area contributed by atoms with E-state index in [1.165, 1.54) is 0 Å². The number of hydrogen-bond donors (Lipinski definition) is 2. The Bertz CT molecular complexity index is 989. The van der Waals surface area contributed by atoms with Gasteiger partial charge in [-0.05, 0) is 30.7 Å². The molecule has 1 aromatic heterocycles. The number of nitrogens with zero attached hydrogens (tertiary/aromatic N) is 4. The first-order valence-electron chi connectivity index (χ1n) is 7.78. The fraction of sp³-hybridized carbons (Fsp3) is 0.111. The second-order valence-electron chi connectivity index (χ2n) is 5.43. The number of ether oxygens (including phenoxy) is 1. The number of nitrogens with one attached hydrogen (secondary N) is 1. The van der Waals surface area contributed by atoms with E-state index in [1.54, 1.807) is 36.4 Å². The molecule has 1 heterocycles. The lowest BCUT2D eigenvalue weighted by Crippen LogP contribution is -2.17. The third-order valence-corrected chi connectivity index (χ3v) is 3.59. The van der Waals surface area contributed by atoms with Crippen LogP contribution in [0.4, 0.5) is 17.6 Å². The molecule has 130 valence electrons. The second kappa shape index (κ2) is 7.36. The summed E-state index contributed by atoms with van der Waals surface area (Å²) in [5.41, 5.74) is 7.81. The second-order valence-corrected chi connectivity index (χ2v) is 5.43. The van der Waals surface area contributed by atoms with Crippen LogP contribution in [-0.4, -0.2) is 27.3 Å². The molecule has 0 aliphatic carbocycles. The van der Waals surface area contributed by atoms with E-state index in [2.05, 4.69) is 15.4 Å². The molecule has 0 saturated heterocycles. The number of aryl methyl sites for hydroxylation is 1. The van der Waals surface area contributed by atoms with Gasteiger partial charge in [-0.3, -0.25) is 4.79 Å². The zero-order valence-electron chi connectivity index (χ0n) is 14.0. The van der Waals surface area contributed by atoms with Crippen molar-refractivity contribution in [2.24, 2.45) is 0 Å². The highest BCUT2D eigenvalue weighted by Gasteiger charge is 2.17. The number of carbonyl (C=O) groups excluding carboxylic acids is 1. The SMILES string of the molecule is Cc1ccccc1C(=O)n1nc(Nc2cccc(OCC#N)c2)nc1N. The zero-order chi connectivity index (χ0) is 18.5. The van der Waals surface area contributed by atoms with Gasteiger partial charge < -0.3 is 15.8 Å². The van der Waals surface area contributed by atoms with Gasteiger partial charge in [0, 0.05) is 17.3 Å². The average Bonchev–Trinajstić information content (AvgIpc) is 3.00. The predicted octanol–water partition coefficient (Wildman–Crippen LogP) is 2.50. The Balaban J connectivity index is 1.82. The van der Waals surface area contributed by atoms with E-state index in [1.807, 2.05) is 25.1 Å². The first-order chi connectivity index (χ1) is 12.6. The first kappa shape index (κ1) is 17.0. The van der Waals surface area contributed by atoms with Crippen LogP contribution in [0.15, 0.2) is 48.5 Å². The van der Waals surface area contributed by atoms with Crippen molar-refractivity contribution in [3.63, 3.8) is 0 Å². The third kappa shape index (κ3) is 3.62. The highest BCUT2D eigenvalue weighted by atomic mass is 16.5. The van der Waals surface area contributed by atoms with Gasteiger partial charge in [0.25, 0.3) is 5.91 Å². The molecule has 3 rings (SSSR count). The number of nitrogens with two attached hydrogens (primary N) is 1. The number of anilines is 3. The summed E-state index contributed by atoms with van der Waals surface area (Å²) < 4.78 is 6.30. The minimum atomic E-state index is -0.354. The molecule has 3 aromatic rings. The fourth-order valence-electron chi connectivity index (χ4n) is 2.36. The number of aromatic nitrogens is 3. The van der Waals surface area contributed by atoms with Gasteiger partial charge in [-0.15, -0.1) is 5.10 Å². The maximum atomic E-state index is 12.6. The van der Waals surface area contributed by atoms with Gasteiger partial charge in [-0.1, -0.05) is 24.3 Å². The maximum absolute atomic E-state index is 12.6. The van der Waals surface area contributed by atoms with Crippen LogP contribution in [0.25, 0.3) is 0 Å². The minimum absolute atomic E-state index is 0.0161. The van der Waals surface area contributed by atoms with E-state index in [-0.39, 0.29) is 24.4 Å². The Morgan fingerprint density at radius 1 is 1.31 bits per heavy atom. The quantitative estimate of drug-likeness (QED) is 0.727. The van der Waals surface area contributed by atoms with Crippen LogP contribution in [0.3, 0.4) is 0 Å². The molecule has 8 nitrogen and oxygen atoms in total. The number of carbonyl (C=O) groups is 1. The van der Waals surface area contributed by atoms with Gasteiger partial charge >= 0.3 is 0 Å². The number of nitriles is 1. The maximum Gasteiger partial charge on any atom is 0.281 e. The normalized spacial score (nSPS) is 10.2. The van der Waals surface area contributed by atoms with Gasteiger partial charge in [-0.25, -0.2) is 0 Å². The topological polar surface area (TPSA) is 119 Å².